The molecule has 1 aromatic heterocycles. The Kier molecular flexibility index (Phi) is 5.34. The van der Waals surface area contributed by atoms with Gasteiger partial charge in [0.15, 0.2) is 0 Å². The first kappa shape index (κ1) is 14.5. The molecule has 1 heterocycles. The predicted octanol–water partition coefficient (Wildman–Crippen LogP) is 1.89. The van der Waals surface area contributed by atoms with Crippen LogP contribution in [0.4, 0.5) is 0 Å². The third-order valence-electron chi connectivity index (χ3n) is 4.07. The SMILES string of the molecule is CC(C)Cn1ncnc1CC(NN)C1CCCCC1. The van der Waals surface area contributed by atoms with Crippen LogP contribution in [0.1, 0.15) is 51.8 Å². The number of nitrogens with one attached hydrogen (secondary N) is 1. The Labute approximate surface area is 115 Å². The zero-order valence-electron chi connectivity index (χ0n) is 12.2. The highest BCUT2D eigenvalue weighted by Gasteiger charge is 2.24. The molecular weight excluding hydrogens is 238 g/mol. The van der Waals surface area contributed by atoms with Crippen LogP contribution in [-0.4, -0.2) is 20.8 Å². The van der Waals surface area contributed by atoms with Gasteiger partial charge in [0.1, 0.15) is 12.2 Å². The van der Waals surface area contributed by atoms with E-state index < -0.39 is 0 Å². The van der Waals surface area contributed by atoms with Crippen molar-refractivity contribution in [3.63, 3.8) is 0 Å². The first-order chi connectivity index (χ1) is 9.20. The Hall–Kier alpha value is -0.940. The number of nitrogens with two attached hydrogens (primary N) is 1. The van der Waals surface area contributed by atoms with Crippen LogP contribution >= 0.6 is 0 Å². The van der Waals surface area contributed by atoms with Gasteiger partial charge in [-0.05, 0) is 24.7 Å². The maximum atomic E-state index is 5.76. The largest absolute Gasteiger partial charge is 0.271 e. The van der Waals surface area contributed by atoms with Gasteiger partial charge in [-0.3, -0.25) is 11.3 Å². The Morgan fingerprint density at radius 3 is 2.74 bits per heavy atom. The first-order valence-electron chi connectivity index (χ1n) is 7.53. The van der Waals surface area contributed by atoms with Crippen molar-refractivity contribution in [2.45, 2.75) is 65.0 Å². The van der Waals surface area contributed by atoms with Gasteiger partial charge in [0.05, 0.1) is 0 Å². The Balaban J connectivity index is 1.99. The minimum Gasteiger partial charge on any atom is -0.271 e. The van der Waals surface area contributed by atoms with Gasteiger partial charge in [-0.1, -0.05) is 33.1 Å². The van der Waals surface area contributed by atoms with Crippen LogP contribution in [0.2, 0.25) is 0 Å². The third-order valence-corrected chi connectivity index (χ3v) is 4.07. The maximum Gasteiger partial charge on any atom is 0.138 e. The molecule has 1 atom stereocenters. The fourth-order valence-corrected chi connectivity index (χ4v) is 3.04. The molecule has 108 valence electrons. The van der Waals surface area contributed by atoms with E-state index in [0.29, 0.717) is 17.9 Å². The lowest BCUT2D eigenvalue weighted by molar-refractivity contribution is 0.263. The molecule has 1 aromatic rings. The number of hydrogen-bond acceptors (Lipinski definition) is 4. The van der Waals surface area contributed by atoms with Crippen LogP contribution in [0.5, 0.6) is 0 Å². The topological polar surface area (TPSA) is 68.8 Å². The second-order valence-electron chi connectivity index (χ2n) is 6.13. The van der Waals surface area contributed by atoms with E-state index in [-0.39, 0.29) is 0 Å². The molecule has 3 N–H and O–H groups in total. The van der Waals surface area contributed by atoms with Crippen molar-refractivity contribution < 1.29 is 0 Å². The molecule has 0 amide bonds. The lowest BCUT2D eigenvalue weighted by Crippen LogP contribution is -2.43. The summed E-state index contributed by atoms with van der Waals surface area (Å²) in [4.78, 5) is 4.41. The van der Waals surface area contributed by atoms with Crippen molar-refractivity contribution in [1.82, 2.24) is 20.2 Å². The standard InChI is InChI=1S/C14H27N5/c1-11(2)9-19-14(16-10-17-19)8-13(18-15)12-6-4-3-5-7-12/h10-13,18H,3-9,15H2,1-2H3. The number of hydrazine groups is 1. The lowest BCUT2D eigenvalue weighted by Gasteiger charge is -2.29. The van der Waals surface area contributed by atoms with Gasteiger partial charge in [0.25, 0.3) is 0 Å². The summed E-state index contributed by atoms with van der Waals surface area (Å²) in [6.07, 6.45) is 9.15. The normalized spacial score (nSPS) is 18.9. The summed E-state index contributed by atoms with van der Waals surface area (Å²) in [6, 6.07) is 0.329. The highest BCUT2D eigenvalue weighted by molar-refractivity contribution is 4.92. The second-order valence-corrected chi connectivity index (χ2v) is 6.13. The van der Waals surface area contributed by atoms with Gasteiger partial charge in [0.2, 0.25) is 0 Å². The van der Waals surface area contributed by atoms with Crippen molar-refractivity contribution in [1.29, 1.82) is 0 Å². The van der Waals surface area contributed by atoms with E-state index >= 15 is 0 Å². The van der Waals surface area contributed by atoms with Crippen molar-refractivity contribution in [3.8, 4) is 0 Å². The molecule has 5 nitrogen and oxygen atoms in total. The van der Waals surface area contributed by atoms with Gasteiger partial charge < -0.3 is 0 Å². The minimum absolute atomic E-state index is 0.329. The summed E-state index contributed by atoms with van der Waals surface area (Å²) in [6.45, 7) is 5.33. The smallest absolute Gasteiger partial charge is 0.138 e. The highest BCUT2D eigenvalue weighted by atomic mass is 15.3. The van der Waals surface area contributed by atoms with E-state index in [1.807, 2.05) is 4.68 Å². The van der Waals surface area contributed by atoms with E-state index in [9.17, 15) is 0 Å². The quantitative estimate of drug-likeness (QED) is 0.609. The van der Waals surface area contributed by atoms with Crippen molar-refractivity contribution in [2.75, 3.05) is 0 Å². The molecular formula is C14H27N5. The summed E-state index contributed by atoms with van der Waals surface area (Å²) in [5, 5.41) is 4.33. The number of rotatable bonds is 6. The average Bonchev–Trinajstić information content (AvgIpc) is 2.83. The van der Waals surface area contributed by atoms with Gasteiger partial charge in [-0.15, -0.1) is 0 Å². The van der Waals surface area contributed by atoms with Gasteiger partial charge in [-0.25, -0.2) is 9.67 Å². The molecule has 19 heavy (non-hydrogen) atoms. The van der Waals surface area contributed by atoms with Crippen LogP contribution in [0.25, 0.3) is 0 Å². The van der Waals surface area contributed by atoms with E-state index in [0.717, 1.165) is 18.8 Å². The Morgan fingerprint density at radius 1 is 1.37 bits per heavy atom. The van der Waals surface area contributed by atoms with Crippen molar-refractivity contribution in [2.24, 2.45) is 17.7 Å². The van der Waals surface area contributed by atoms with E-state index in [4.69, 9.17) is 5.84 Å². The van der Waals surface area contributed by atoms with Crippen LogP contribution in [0.3, 0.4) is 0 Å². The summed E-state index contributed by atoms with van der Waals surface area (Å²) in [7, 11) is 0. The van der Waals surface area contributed by atoms with Crippen LogP contribution in [-0.2, 0) is 13.0 Å². The van der Waals surface area contributed by atoms with Crippen LogP contribution < -0.4 is 11.3 Å². The molecule has 0 radical (unpaired) electrons. The van der Waals surface area contributed by atoms with E-state index in [2.05, 4.69) is 29.4 Å². The molecule has 1 fully saturated rings. The molecule has 2 rings (SSSR count). The summed E-state index contributed by atoms with van der Waals surface area (Å²) >= 11 is 0. The summed E-state index contributed by atoms with van der Waals surface area (Å²) in [5.41, 5.74) is 3.01. The zero-order valence-corrected chi connectivity index (χ0v) is 12.2. The fraction of sp³-hybridized carbons (Fsp3) is 0.857. The van der Waals surface area contributed by atoms with Crippen molar-refractivity contribution >= 4 is 0 Å². The molecule has 0 bridgehead atoms. The number of nitrogens with zero attached hydrogens (tertiary/aromatic N) is 3. The van der Waals surface area contributed by atoms with E-state index in [1.54, 1.807) is 6.33 Å². The molecule has 5 heteroatoms. The monoisotopic (exact) mass is 265 g/mol. The number of aromatic nitrogens is 3. The molecule has 1 aliphatic rings. The van der Waals surface area contributed by atoms with Crippen LogP contribution in [0, 0.1) is 11.8 Å². The molecule has 1 saturated carbocycles. The molecule has 1 aliphatic carbocycles. The Morgan fingerprint density at radius 2 is 2.11 bits per heavy atom. The molecule has 1 unspecified atom stereocenters. The second kappa shape index (κ2) is 7.01. The fourth-order valence-electron chi connectivity index (χ4n) is 3.04. The third kappa shape index (κ3) is 4.01. The molecule has 0 spiro atoms. The van der Waals surface area contributed by atoms with Gasteiger partial charge >= 0.3 is 0 Å². The maximum absolute atomic E-state index is 5.76. The van der Waals surface area contributed by atoms with Gasteiger partial charge in [0, 0.05) is 19.0 Å². The molecule has 0 aliphatic heterocycles. The minimum atomic E-state index is 0.329. The lowest BCUT2D eigenvalue weighted by atomic mass is 9.83. The summed E-state index contributed by atoms with van der Waals surface area (Å²) < 4.78 is 2.03. The highest BCUT2D eigenvalue weighted by Crippen LogP contribution is 2.27. The Bertz CT molecular complexity index is 368. The predicted molar refractivity (Wildman–Crippen MR) is 76.3 cm³/mol. The zero-order chi connectivity index (χ0) is 13.7. The number of hydrogen-bond donors (Lipinski definition) is 2. The first-order valence-corrected chi connectivity index (χ1v) is 7.53. The molecule has 0 saturated heterocycles. The summed E-state index contributed by atoms with van der Waals surface area (Å²) in [5.74, 6) is 8.09. The van der Waals surface area contributed by atoms with Crippen molar-refractivity contribution in [3.05, 3.63) is 12.2 Å². The van der Waals surface area contributed by atoms with Crippen LogP contribution in [0.15, 0.2) is 6.33 Å². The molecule has 0 aromatic carbocycles. The van der Waals surface area contributed by atoms with E-state index in [1.165, 1.54) is 32.1 Å². The van der Waals surface area contributed by atoms with Gasteiger partial charge in [-0.2, -0.15) is 5.10 Å². The average molecular weight is 265 g/mol.